The number of rotatable bonds is 3. The molecule has 0 saturated carbocycles. The summed E-state index contributed by atoms with van der Waals surface area (Å²) in [5.41, 5.74) is 0.470. The zero-order valence-corrected chi connectivity index (χ0v) is 15.1. The molecule has 0 unspecified atom stereocenters. The summed E-state index contributed by atoms with van der Waals surface area (Å²) in [5, 5.41) is 6.97. The molecule has 0 spiro atoms. The third-order valence-electron chi connectivity index (χ3n) is 4.38. The third-order valence-corrected chi connectivity index (χ3v) is 4.79. The maximum Gasteiger partial charge on any atom is 0.417 e. The number of nitrogens with one attached hydrogen (secondary N) is 1. The van der Waals surface area contributed by atoms with Gasteiger partial charge in [-0.1, -0.05) is 17.7 Å². The van der Waals surface area contributed by atoms with Crippen LogP contribution in [0.5, 0.6) is 0 Å². The van der Waals surface area contributed by atoms with Crippen LogP contribution < -0.4 is 5.32 Å². The molecule has 2 aromatic heterocycles. The second-order valence-electron chi connectivity index (χ2n) is 6.23. The van der Waals surface area contributed by atoms with Gasteiger partial charge in [0, 0.05) is 18.3 Å². The van der Waals surface area contributed by atoms with E-state index in [0.29, 0.717) is 12.4 Å². The first kappa shape index (κ1) is 18.6. The van der Waals surface area contributed by atoms with Crippen LogP contribution in [0.4, 0.5) is 13.2 Å². The van der Waals surface area contributed by atoms with Crippen molar-refractivity contribution in [2.24, 2.45) is 0 Å². The zero-order valence-electron chi connectivity index (χ0n) is 14.3. The number of carbonyl (C=O) groups excluding carboxylic acids is 1. The fraction of sp³-hybridized carbons (Fsp3) is 0.222. The van der Waals surface area contributed by atoms with Crippen LogP contribution in [0.15, 0.2) is 36.8 Å². The molecule has 0 aliphatic carbocycles. The molecule has 1 aliphatic heterocycles. The molecule has 1 N–H and O–H groups in total. The first-order chi connectivity index (χ1) is 13.3. The van der Waals surface area contributed by atoms with Crippen molar-refractivity contribution in [3.8, 4) is 5.82 Å². The van der Waals surface area contributed by atoms with Crippen molar-refractivity contribution < 1.29 is 18.0 Å². The van der Waals surface area contributed by atoms with Crippen LogP contribution in [0.25, 0.3) is 5.82 Å². The molecule has 0 amide bonds. The Labute approximate surface area is 162 Å². The second kappa shape index (κ2) is 6.99. The highest BCUT2D eigenvalue weighted by Crippen LogP contribution is 2.36. The van der Waals surface area contributed by atoms with Gasteiger partial charge in [0.1, 0.15) is 5.69 Å². The highest BCUT2D eigenvalue weighted by molar-refractivity contribution is 6.35. The molecule has 6 nitrogen and oxygen atoms in total. The molecule has 10 heteroatoms. The molecule has 0 atom stereocenters. The average Bonchev–Trinajstić information content (AvgIpc) is 3.11. The Morgan fingerprint density at radius 1 is 1.25 bits per heavy atom. The monoisotopic (exact) mass is 407 g/mol. The number of carbonyl (C=O) groups is 1. The quantitative estimate of drug-likeness (QED) is 0.675. The lowest BCUT2D eigenvalue weighted by atomic mass is 10.0. The maximum atomic E-state index is 13.1. The Bertz CT molecular complexity index is 1040. The van der Waals surface area contributed by atoms with E-state index in [1.54, 1.807) is 0 Å². The van der Waals surface area contributed by atoms with Crippen LogP contribution in [0.3, 0.4) is 0 Å². The predicted molar refractivity (Wildman–Crippen MR) is 94.5 cm³/mol. The van der Waals surface area contributed by atoms with Crippen molar-refractivity contribution in [3.05, 3.63) is 69.9 Å². The number of hydrogen-bond donors (Lipinski definition) is 1. The van der Waals surface area contributed by atoms with E-state index in [2.05, 4.69) is 20.4 Å². The van der Waals surface area contributed by atoms with Gasteiger partial charge in [-0.3, -0.25) is 9.78 Å². The number of nitrogens with zero attached hydrogens (tertiary/aromatic N) is 4. The fourth-order valence-corrected chi connectivity index (χ4v) is 3.31. The van der Waals surface area contributed by atoms with Crippen LogP contribution in [0.1, 0.15) is 32.9 Å². The fourth-order valence-electron chi connectivity index (χ4n) is 2.99. The highest BCUT2D eigenvalue weighted by Gasteiger charge is 2.35. The molecule has 0 saturated heterocycles. The first-order valence-electron chi connectivity index (χ1n) is 8.35. The van der Waals surface area contributed by atoms with Crippen molar-refractivity contribution in [1.29, 1.82) is 0 Å². The van der Waals surface area contributed by atoms with Crippen molar-refractivity contribution in [2.45, 2.75) is 19.1 Å². The number of hydrogen-bond acceptors (Lipinski definition) is 5. The molecule has 3 aromatic rings. The van der Waals surface area contributed by atoms with Gasteiger partial charge in [-0.05, 0) is 30.7 Å². The van der Waals surface area contributed by atoms with Crippen molar-refractivity contribution in [2.75, 3.05) is 6.54 Å². The number of aromatic nitrogens is 4. The molecule has 0 bridgehead atoms. The van der Waals surface area contributed by atoms with E-state index in [9.17, 15) is 18.0 Å². The van der Waals surface area contributed by atoms with Crippen LogP contribution in [-0.2, 0) is 19.1 Å². The Balaban J connectivity index is 1.70. The lowest BCUT2D eigenvalue weighted by Crippen LogP contribution is -2.22. The summed E-state index contributed by atoms with van der Waals surface area (Å²) in [5.74, 6) is -0.451. The van der Waals surface area contributed by atoms with Gasteiger partial charge in [-0.25, -0.2) is 9.67 Å². The van der Waals surface area contributed by atoms with Crippen LogP contribution in [0, 0.1) is 0 Å². The minimum absolute atomic E-state index is 0.120. The molecule has 28 heavy (non-hydrogen) atoms. The van der Waals surface area contributed by atoms with Crippen LogP contribution in [0.2, 0.25) is 5.02 Å². The summed E-state index contributed by atoms with van der Waals surface area (Å²) in [7, 11) is 0. The van der Waals surface area contributed by atoms with E-state index < -0.39 is 22.5 Å². The normalized spacial score (nSPS) is 14.0. The lowest BCUT2D eigenvalue weighted by molar-refractivity contribution is -0.137. The number of ketones is 1. The standard InChI is InChI=1S/C18H13ClF3N5O/c19-16-11(2-1-3-12(16)18(20,21)22)17(28)14-7-24-8-15(25-14)27-9-10-4-5-23-6-13(10)26-27/h1-3,7-9,23H,4-6H2. The van der Waals surface area contributed by atoms with Crippen molar-refractivity contribution in [3.63, 3.8) is 0 Å². The molecular weight excluding hydrogens is 395 g/mol. The van der Waals surface area contributed by atoms with Crippen molar-refractivity contribution >= 4 is 17.4 Å². The second-order valence-corrected chi connectivity index (χ2v) is 6.61. The topological polar surface area (TPSA) is 72.7 Å². The van der Waals surface area contributed by atoms with E-state index in [1.807, 2.05) is 6.20 Å². The van der Waals surface area contributed by atoms with Gasteiger partial charge in [-0.2, -0.15) is 18.3 Å². The number of halogens is 4. The van der Waals surface area contributed by atoms with Gasteiger partial charge < -0.3 is 5.32 Å². The van der Waals surface area contributed by atoms with E-state index >= 15 is 0 Å². The van der Waals surface area contributed by atoms with Crippen molar-refractivity contribution in [1.82, 2.24) is 25.1 Å². The van der Waals surface area contributed by atoms with Gasteiger partial charge >= 0.3 is 6.18 Å². The molecule has 4 rings (SSSR count). The molecule has 1 aliphatic rings. The summed E-state index contributed by atoms with van der Waals surface area (Å²) in [6.07, 6.45) is 0.583. The highest BCUT2D eigenvalue weighted by atomic mass is 35.5. The molecule has 0 fully saturated rings. The predicted octanol–water partition coefficient (Wildman–Crippen LogP) is 3.21. The summed E-state index contributed by atoms with van der Waals surface area (Å²) in [6, 6.07) is 3.18. The summed E-state index contributed by atoms with van der Waals surface area (Å²) in [4.78, 5) is 20.9. The Hall–Kier alpha value is -2.78. The molecule has 1 aromatic carbocycles. The van der Waals surface area contributed by atoms with E-state index in [0.717, 1.165) is 36.4 Å². The summed E-state index contributed by atoms with van der Waals surface area (Å²) >= 11 is 5.85. The van der Waals surface area contributed by atoms with E-state index in [4.69, 9.17) is 11.6 Å². The smallest absolute Gasteiger partial charge is 0.311 e. The molecule has 144 valence electrons. The molecular formula is C18H13ClF3N5O. The maximum absolute atomic E-state index is 13.1. The zero-order chi connectivity index (χ0) is 19.9. The number of benzene rings is 1. The Kier molecular flexibility index (Phi) is 4.64. The van der Waals surface area contributed by atoms with Gasteiger partial charge in [-0.15, -0.1) is 0 Å². The SMILES string of the molecule is O=C(c1cncc(-n2cc3c(n2)CNCC3)n1)c1cccc(C(F)(F)F)c1Cl. The largest absolute Gasteiger partial charge is 0.417 e. The Morgan fingerprint density at radius 3 is 2.82 bits per heavy atom. The summed E-state index contributed by atoms with van der Waals surface area (Å²) in [6.45, 7) is 1.48. The lowest BCUT2D eigenvalue weighted by Gasteiger charge is -2.11. The number of fused-ring (bicyclic) bond motifs is 1. The minimum Gasteiger partial charge on any atom is -0.311 e. The third kappa shape index (κ3) is 3.38. The van der Waals surface area contributed by atoms with Gasteiger partial charge in [0.2, 0.25) is 5.78 Å². The van der Waals surface area contributed by atoms with Crippen LogP contribution in [-0.4, -0.2) is 32.1 Å². The van der Waals surface area contributed by atoms with Crippen LogP contribution >= 0.6 is 11.6 Å². The van der Waals surface area contributed by atoms with E-state index in [-0.39, 0.29) is 11.3 Å². The average molecular weight is 408 g/mol. The summed E-state index contributed by atoms with van der Waals surface area (Å²) < 4.78 is 40.7. The van der Waals surface area contributed by atoms with Gasteiger partial charge in [0.05, 0.1) is 28.7 Å². The minimum atomic E-state index is -4.66. The Morgan fingerprint density at radius 2 is 2.07 bits per heavy atom. The molecule has 3 heterocycles. The number of alkyl halides is 3. The van der Waals surface area contributed by atoms with E-state index in [1.165, 1.54) is 23.1 Å². The van der Waals surface area contributed by atoms with Gasteiger partial charge in [0.15, 0.2) is 5.82 Å². The molecule has 0 radical (unpaired) electrons. The first-order valence-corrected chi connectivity index (χ1v) is 8.73. The van der Waals surface area contributed by atoms with Gasteiger partial charge in [0.25, 0.3) is 0 Å².